The highest BCUT2D eigenvalue weighted by molar-refractivity contribution is 5.79. The molecular formula is C20H25N3O3. The maximum Gasteiger partial charge on any atom is 0.231 e. The first-order valence-electron chi connectivity index (χ1n) is 8.79. The number of fused-ring (bicyclic) bond motifs is 1. The number of benzene rings is 2. The molecule has 2 aromatic rings. The lowest BCUT2D eigenvalue weighted by Gasteiger charge is -2.17. The van der Waals surface area contributed by atoms with Gasteiger partial charge in [-0.3, -0.25) is 4.99 Å². The van der Waals surface area contributed by atoms with Crippen molar-refractivity contribution in [3.63, 3.8) is 0 Å². The predicted octanol–water partition coefficient (Wildman–Crippen LogP) is 2.59. The average molecular weight is 355 g/mol. The Morgan fingerprint density at radius 2 is 1.92 bits per heavy atom. The van der Waals surface area contributed by atoms with Crippen LogP contribution in [0.25, 0.3) is 0 Å². The summed E-state index contributed by atoms with van der Waals surface area (Å²) in [7, 11) is 1.76. The molecule has 2 aromatic carbocycles. The molecule has 0 spiro atoms. The van der Waals surface area contributed by atoms with Crippen LogP contribution >= 0.6 is 0 Å². The summed E-state index contributed by atoms with van der Waals surface area (Å²) in [6, 6.07) is 15.8. The Labute approximate surface area is 154 Å². The van der Waals surface area contributed by atoms with Crippen molar-refractivity contribution in [2.75, 3.05) is 26.9 Å². The summed E-state index contributed by atoms with van der Waals surface area (Å²) in [5, 5.41) is 6.60. The van der Waals surface area contributed by atoms with E-state index in [1.165, 1.54) is 5.56 Å². The molecule has 0 aliphatic carbocycles. The molecule has 0 amide bonds. The summed E-state index contributed by atoms with van der Waals surface area (Å²) in [4.78, 5) is 4.25. The first-order valence-corrected chi connectivity index (χ1v) is 8.79. The predicted molar refractivity (Wildman–Crippen MR) is 102 cm³/mol. The van der Waals surface area contributed by atoms with Crippen molar-refractivity contribution in [1.29, 1.82) is 0 Å². The molecule has 0 aromatic heterocycles. The van der Waals surface area contributed by atoms with Gasteiger partial charge >= 0.3 is 0 Å². The molecule has 3 rings (SSSR count). The standard InChI is InChI=1S/C20H25N3O3/c1-15(26-17-6-4-3-5-7-17)13-23-20(21-2)22-11-10-16-8-9-18-19(12-16)25-14-24-18/h3-9,12,15H,10-11,13-14H2,1-2H3,(H2,21,22,23). The van der Waals surface area contributed by atoms with Gasteiger partial charge in [-0.25, -0.2) is 0 Å². The Hall–Kier alpha value is -2.89. The van der Waals surface area contributed by atoms with Crippen molar-refractivity contribution in [1.82, 2.24) is 10.6 Å². The second kappa shape index (κ2) is 8.99. The van der Waals surface area contributed by atoms with Gasteiger partial charge in [-0.1, -0.05) is 24.3 Å². The smallest absolute Gasteiger partial charge is 0.231 e. The molecule has 0 saturated carbocycles. The largest absolute Gasteiger partial charge is 0.489 e. The number of para-hydroxylation sites is 1. The van der Waals surface area contributed by atoms with E-state index < -0.39 is 0 Å². The fraction of sp³-hybridized carbons (Fsp3) is 0.350. The number of ether oxygens (including phenoxy) is 3. The maximum absolute atomic E-state index is 5.85. The Bertz CT molecular complexity index is 734. The van der Waals surface area contributed by atoms with E-state index >= 15 is 0 Å². The normalized spacial score (nSPS) is 14.0. The number of guanidine groups is 1. The molecule has 1 aliphatic heterocycles. The SMILES string of the molecule is CN=C(NCCc1ccc2c(c1)OCO2)NCC(C)Oc1ccccc1. The topological polar surface area (TPSA) is 64.1 Å². The van der Waals surface area contributed by atoms with Gasteiger partial charge in [0.25, 0.3) is 0 Å². The van der Waals surface area contributed by atoms with Crippen LogP contribution in [-0.2, 0) is 6.42 Å². The minimum Gasteiger partial charge on any atom is -0.489 e. The molecule has 0 fully saturated rings. The third kappa shape index (κ3) is 5.05. The van der Waals surface area contributed by atoms with Gasteiger partial charge in [0, 0.05) is 13.6 Å². The van der Waals surface area contributed by atoms with Crippen molar-refractivity contribution in [2.24, 2.45) is 4.99 Å². The lowest BCUT2D eigenvalue weighted by molar-refractivity contribution is 0.174. The highest BCUT2D eigenvalue weighted by Gasteiger charge is 2.13. The summed E-state index contributed by atoms with van der Waals surface area (Å²) >= 11 is 0. The van der Waals surface area contributed by atoms with Gasteiger partial charge < -0.3 is 24.8 Å². The number of hydrogen-bond donors (Lipinski definition) is 2. The zero-order chi connectivity index (χ0) is 18.2. The molecule has 6 nitrogen and oxygen atoms in total. The van der Waals surface area contributed by atoms with Crippen molar-refractivity contribution in [3.05, 3.63) is 54.1 Å². The Balaban J connectivity index is 1.39. The van der Waals surface area contributed by atoms with Crippen LogP contribution in [0, 0.1) is 0 Å². The van der Waals surface area contributed by atoms with E-state index in [-0.39, 0.29) is 6.10 Å². The molecule has 1 aliphatic rings. The summed E-state index contributed by atoms with van der Waals surface area (Å²) in [5.74, 6) is 3.25. The van der Waals surface area contributed by atoms with E-state index in [1.807, 2.05) is 49.4 Å². The highest BCUT2D eigenvalue weighted by Crippen LogP contribution is 2.32. The Morgan fingerprint density at radius 1 is 1.12 bits per heavy atom. The maximum atomic E-state index is 5.85. The molecular weight excluding hydrogens is 330 g/mol. The van der Waals surface area contributed by atoms with Gasteiger partial charge in [0.1, 0.15) is 11.9 Å². The molecule has 2 N–H and O–H groups in total. The zero-order valence-electron chi connectivity index (χ0n) is 15.2. The second-order valence-electron chi connectivity index (χ2n) is 6.06. The van der Waals surface area contributed by atoms with E-state index in [1.54, 1.807) is 7.05 Å². The van der Waals surface area contributed by atoms with E-state index in [9.17, 15) is 0 Å². The van der Waals surface area contributed by atoms with Crippen LogP contribution in [0.2, 0.25) is 0 Å². The summed E-state index contributed by atoms with van der Waals surface area (Å²) in [6.45, 7) is 3.77. The quantitative estimate of drug-likeness (QED) is 0.590. The van der Waals surface area contributed by atoms with Crippen molar-refractivity contribution in [2.45, 2.75) is 19.4 Å². The number of aliphatic imine (C=N–C) groups is 1. The van der Waals surface area contributed by atoms with Crippen LogP contribution in [-0.4, -0.2) is 39.0 Å². The van der Waals surface area contributed by atoms with E-state index in [0.717, 1.165) is 36.2 Å². The third-order valence-corrected chi connectivity index (χ3v) is 4.00. The van der Waals surface area contributed by atoms with Crippen LogP contribution in [0.15, 0.2) is 53.5 Å². The summed E-state index contributed by atoms with van der Waals surface area (Å²) in [5.41, 5.74) is 1.19. The highest BCUT2D eigenvalue weighted by atomic mass is 16.7. The Morgan fingerprint density at radius 3 is 2.73 bits per heavy atom. The third-order valence-electron chi connectivity index (χ3n) is 4.00. The summed E-state index contributed by atoms with van der Waals surface area (Å²) < 4.78 is 16.6. The zero-order valence-corrected chi connectivity index (χ0v) is 15.2. The van der Waals surface area contributed by atoms with Crippen LogP contribution in [0.1, 0.15) is 12.5 Å². The van der Waals surface area contributed by atoms with Crippen molar-refractivity contribution >= 4 is 5.96 Å². The van der Waals surface area contributed by atoms with Crippen LogP contribution in [0.3, 0.4) is 0 Å². The molecule has 1 atom stereocenters. The molecule has 26 heavy (non-hydrogen) atoms. The fourth-order valence-corrected chi connectivity index (χ4v) is 2.66. The molecule has 1 heterocycles. The van der Waals surface area contributed by atoms with Gasteiger partial charge in [-0.05, 0) is 43.2 Å². The van der Waals surface area contributed by atoms with E-state index in [2.05, 4.69) is 21.7 Å². The van der Waals surface area contributed by atoms with Gasteiger partial charge in [-0.15, -0.1) is 0 Å². The number of nitrogens with one attached hydrogen (secondary N) is 2. The minimum absolute atomic E-state index is 0.0322. The summed E-state index contributed by atoms with van der Waals surface area (Å²) in [6.07, 6.45) is 0.901. The number of nitrogens with zero attached hydrogens (tertiary/aromatic N) is 1. The molecule has 0 saturated heterocycles. The molecule has 0 bridgehead atoms. The van der Waals surface area contributed by atoms with Crippen molar-refractivity contribution < 1.29 is 14.2 Å². The van der Waals surface area contributed by atoms with Crippen LogP contribution < -0.4 is 24.8 Å². The molecule has 6 heteroatoms. The first kappa shape index (κ1) is 17.9. The van der Waals surface area contributed by atoms with Crippen molar-refractivity contribution in [3.8, 4) is 17.2 Å². The van der Waals surface area contributed by atoms with Gasteiger partial charge in [0.15, 0.2) is 17.5 Å². The minimum atomic E-state index is 0.0322. The molecule has 138 valence electrons. The Kier molecular flexibility index (Phi) is 6.19. The average Bonchev–Trinajstić information content (AvgIpc) is 3.13. The second-order valence-corrected chi connectivity index (χ2v) is 6.06. The monoisotopic (exact) mass is 355 g/mol. The first-order chi connectivity index (χ1) is 12.7. The van der Waals surface area contributed by atoms with E-state index in [0.29, 0.717) is 13.3 Å². The van der Waals surface area contributed by atoms with Gasteiger partial charge in [0.05, 0.1) is 6.54 Å². The molecule has 1 unspecified atom stereocenters. The lowest BCUT2D eigenvalue weighted by Crippen LogP contribution is -2.42. The van der Waals surface area contributed by atoms with Gasteiger partial charge in [-0.2, -0.15) is 0 Å². The number of hydrogen-bond acceptors (Lipinski definition) is 4. The van der Waals surface area contributed by atoms with Gasteiger partial charge in [0.2, 0.25) is 6.79 Å². The number of rotatable bonds is 7. The van der Waals surface area contributed by atoms with Crippen LogP contribution in [0.4, 0.5) is 0 Å². The fourth-order valence-electron chi connectivity index (χ4n) is 2.66. The van der Waals surface area contributed by atoms with Crippen LogP contribution in [0.5, 0.6) is 17.2 Å². The van der Waals surface area contributed by atoms with E-state index in [4.69, 9.17) is 14.2 Å². The molecule has 0 radical (unpaired) electrons. The lowest BCUT2D eigenvalue weighted by atomic mass is 10.1.